The maximum absolute atomic E-state index is 6.14. The van der Waals surface area contributed by atoms with Gasteiger partial charge in [0.2, 0.25) is 0 Å². The van der Waals surface area contributed by atoms with Crippen molar-refractivity contribution in [2.75, 3.05) is 11.1 Å². The molecule has 3 nitrogen and oxygen atoms in total. The first-order valence-electron chi connectivity index (χ1n) is 5.90. The molecule has 0 aliphatic rings. The van der Waals surface area contributed by atoms with Gasteiger partial charge >= 0.3 is 0 Å². The molecule has 1 aromatic heterocycles. The van der Waals surface area contributed by atoms with Crippen LogP contribution in [-0.4, -0.2) is 4.98 Å². The third kappa shape index (κ3) is 2.33. The van der Waals surface area contributed by atoms with E-state index in [0.717, 1.165) is 28.0 Å². The first-order valence-corrected chi connectivity index (χ1v) is 6.27. The third-order valence-electron chi connectivity index (χ3n) is 2.92. The molecule has 0 spiro atoms. The van der Waals surface area contributed by atoms with Crippen LogP contribution in [0.1, 0.15) is 0 Å². The normalized spacial score (nSPS) is 10.6. The smallest absolute Gasteiger partial charge is 0.138 e. The van der Waals surface area contributed by atoms with Crippen molar-refractivity contribution in [1.82, 2.24) is 4.98 Å². The summed E-state index contributed by atoms with van der Waals surface area (Å²) in [6.45, 7) is 0. The van der Waals surface area contributed by atoms with E-state index in [0.29, 0.717) is 5.02 Å². The molecule has 94 valence electrons. The summed E-state index contributed by atoms with van der Waals surface area (Å²) in [4.78, 5) is 4.36. The van der Waals surface area contributed by atoms with Crippen molar-refractivity contribution < 1.29 is 0 Å². The van der Waals surface area contributed by atoms with Crippen molar-refractivity contribution in [3.05, 3.63) is 59.8 Å². The van der Waals surface area contributed by atoms with Crippen LogP contribution >= 0.6 is 11.6 Å². The second-order valence-corrected chi connectivity index (χ2v) is 4.65. The first-order chi connectivity index (χ1) is 9.24. The number of hydrogen-bond donors (Lipinski definition) is 2. The number of benzene rings is 2. The molecule has 4 heteroatoms. The Morgan fingerprint density at radius 2 is 1.89 bits per heavy atom. The quantitative estimate of drug-likeness (QED) is 0.685. The molecule has 0 radical (unpaired) electrons. The van der Waals surface area contributed by atoms with Crippen LogP contribution in [0.25, 0.3) is 10.8 Å². The molecule has 0 saturated carbocycles. The molecular formula is C15H12ClN3. The maximum Gasteiger partial charge on any atom is 0.138 e. The first kappa shape index (κ1) is 11.8. The minimum absolute atomic E-state index is 0.664. The van der Waals surface area contributed by atoms with Crippen molar-refractivity contribution in [3.63, 3.8) is 0 Å². The summed E-state index contributed by atoms with van der Waals surface area (Å²) in [6.07, 6.45) is 1.75. The summed E-state index contributed by atoms with van der Waals surface area (Å²) in [6, 6.07) is 15.3. The molecule has 2 aromatic carbocycles. The van der Waals surface area contributed by atoms with Gasteiger partial charge in [-0.3, -0.25) is 0 Å². The zero-order valence-electron chi connectivity index (χ0n) is 10.1. The number of nitrogens with one attached hydrogen (secondary N) is 1. The van der Waals surface area contributed by atoms with E-state index >= 15 is 0 Å². The van der Waals surface area contributed by atoms with E-state index in [2.05, 4.69) is 10.3 Å². The lowest BCUT2D eigenvalue weighted by Gasteiger charge is -2.10. The van der Waals surface area contributed by atoms with Gasteiger partial charge in [-0.05, 0) is 41.8 Å². The zero-order chi connectivity index (χ0) is 13.2. The Morgan fingerprint density at radius 1 is 1.05 bits per heavy atom. The number of nitrogens with two attached hydrogens (primary N) is 1. The summed E-state index contributed by atoms with van der Waals surface area (Å²) in [5.41, 5.74) is 7.36. The largest absolute Gasteiger partial charge is 0.399 e. The number of hydrogen-bond acceptors (Lipinski definition) is 3. The lowest BCUT2D eigenvalue weighted by Crippen LogP contribution is -1.95. The molecule has 0 aliphatic heterocycles. The molecule has 0 bridgehead atoms. The molecule has 3 rings (SSSR count). The molecule has 3 N–H and O–H groups in total. The van der Waals surface area contributed by atoms with Gasteiger partial charge in [0.05, 0.1) is 10.7 Å². The topological polar surface area (TPSA) is 50.9 Å². The van der Waals surface area contributed by atoms with Gasteiger partial charge in [-0.1, -0.05) is 23.7 Å². The van der Waals surface area contributed by atoms with Gasteiger partial charge in [0.25, 0.3) is 0 Å². The van der Waals surface area contributed by atoms with E-state index in [1.165, 1.54) is 0 Å². The molecule has 19 heavy (non-hydrogen) atoms. The monoisotopic (exact) mass is 269 g/mol. The summed E-state index contributed by atoms with van der Waals surface area (Å²) < 4.78 is 0. The van der Waals surface area contributed by atoms with Crippen LogP contribution in [0.4, 0.5) is 17.2 Å². The van der Waals surface area contributed by atoms with E-state index in [1.807, 2.05) is 48.5 Å². The minimum Gasteiger partial charge on any atom is -0.399 e. The summed E-state index contributed by atoms with van der Waals surface area (Å²) >= 11 is 6.14. The number of fused-ring (bicyclic) bond motifs is 1. The van der Waals surface area contributed by atoms with Crippen LogP contribution < -0.4 is 11.1 Å². The minimum atomic E-state index is 0.664. The van der Waals surface area contributed by atoms with Gasteiger partial charge in [0.1, 0.15) is 5.82 Å². The lowest BCUT2D eigenvalue weighted by molar-refractivity contribution is 1.34. The summed E-state index contributed by atoms with van der Waals surface area (Å²) in [5, 5.41) is 5.97. The Balaban J connectivity index is 2.09. The predicted octanol–water partition coefficient (Wildman–Crippen LogP) is 4.21. The maximum atomic E-state index is 6.14. The standard InChI is InChI=1S/C15H12ClN3/c16-13-3-1-2-4-14(13)19-15-12-6-5-11(17)9-10(12)7-8-18-15/h1-9H,17H2,(H,18,19). The highest BCUT2D eigenvalue weighted by atomic mass is 35.5. The van der Waals surface area contributed by atoms with Gasteiger partial charge in [-0.15, -0.1) is 0 Å². The molecule has 0 amide bonds. The number of para-hydroxylation sites is 1. The second kappa shape index (κ2) is 4.78. The Hall–Kier alpha value is -2.26. The number of rotatable bonds is 2. The fourth-order valence-corrected chi connectivity index (χ4v) is 2.17. The van der Waals surface area contributed by atoms with E-state index in [9.17, 15) is 0 Å². The van der Waals surface area contributed by atoms with Gasteiger partial charge in [-0.25, -0.2) is 4.98 Å². The van der Waals surface area contributed by atoms with Crippen LogP contribution in [0.2, 0.25) is 5.02 Å². The third-order valence-corrected chi connectivity index (χ3v) is 3.24. The average Bonchev–Trinajstić information content (AvgIpc) is 2.41. The Bertz CT molecular complexity index is 740. The van der Waals surface area contributed by atoms with Gasteiger partial charge < -0.3 is 11.1 Å². The van der Waals surface area contributed by atoms with E-state index in [1.54, 1.807) is 6.20 Å². The van der Waals surface area contributed by atoms with Crippen molar-refractivity contribution in [3.8, 4) is 0 Å². The van der Waals surface area contributed by atoms with Crippen molar-refractivity contribution in [1.29, 1.82) is 0 Å². The second-order valence-electron chi connectivity index (χ2n) is 4.24. The molecule has 0 saturated heterocycles. The highest BCUT2D eigenvalue weighted by molar-refractivity contribution is 6.33. The van der Waals surface area contributed by atoms with Crippen LogP contribution in [0.3, 0.4) is 0 Å². The fourth-order valence-electron chi connectivity index (χ4n) is 1.99. The van der Waals surface area contributed by atoms with Gasteiger partial charge in [0, 0.05) is 17.3 Å². The Labute approximate surface area is 116 Å². The SMILES string of the molecule is Nc1ccc2c(Nc3ccccc3Cl)nccc2c1. The van der Waals surface area contributed by atoms with E-state index < -0.39 is 0 Å². The average molecular weight is 270 g/mol. The number of nitrogen functional groups attached to an aromatic ring is 1. The molecule has 0 aliphatic carbocycles. The fraction of sp³-hybridized carbons (Fsp3) is 0. The van der Waals surface area contributed by atoms with Crippen molar-refractivity contribution >= 4 is 39.6 Å². The van der Waals surface area contributed by atoms with Crippen LogP contribution in [0, 0.1) is 0 Å². The van der Waals surface area contributed by atoms with E-state index in [-0.39, 0.29) is 0 Å². The summed E-state index contributed by atoms with van der Waals surface area (Å²) in [7, 11) is 0. The highest BCUT2D eigenvalue weighted by Crippen LogP contribution is 2.28. The molecular weight excluding hydrogens is 258 g/mol. The van der Waals surface area contributed by atoms with Gasteiger partial charge in [0.15, 0.2) is 0 Å². The molecule has 0 fully saturated rings. The summed E-state index contributed by atoms with van der Waals surface area (Å²) in [5.74, 6) is 0.769. The molecule has 3 aromatic rings. The Kier molecular flexibility index (Phi) is 2.97. The number of aromatic nitrogens is 1. The number of nitrogens with zero attached hydrogens (tertiary/aromatic N) is 1. The van der Waals surface area contributed by atoms with E-state index in [4.69, 9.17) is 17.3 Å². The predicted molar refractivity (Wildman–Crippen MR) is 80.9 cm³/mol. The molecule has 0 unspecified atom stereocenters. The van der Waals surface area contributed by atoms with Crippen molar-refractivity contribution in [2.45, 2.75) is 0 Å². The van der Waals surface area contributed by atoms with Crippen molar-refractivity contribution in [2.24, 2.45) is 0 Å². The Morgan fingerprint density at radius 3 is 2.74 bits per heavy atom. The number of pyridine rings is 1. The lowest BCUT2D eigenvalue weighted by atomic mass is 10.1. The molecule has 1 heterocycles. The van der Waals surface area contributed by atoms with Gasteiger partial charge in [-0.2, -0.15) is 0 Å². The van der Waals surface area contributed by atoms with Crippen LogP contribution in [0.15, 0.2) is 54.7 Å². The number of anilines is 3. The van der Waals surface area contributed by atoms with Crippen LogP contribution in [0.5, 0.6) is 0 Å². The zero-order valence-corrected chi connectivity index (χ0v) is 10.9. The van der Waals surface area contributed by atoms with Crippen LogP contribution in [-0.2, 0) is 0 Å². The number of halogens is 1. The molecule has 0 atom stereocenters. The highest BCUT2D eigenvalue weighted by Gasteiger charge is 2.05.